The van der Waals surface area contributed by atoms with Crippen LogP contribution in [0.15, 0.2) is 36.4 Å². The van der Waals surface area contributed by atoms with Crippen LogP contribution in [0.2, 0.25) is 25.0 Å². The maximum absolute atomic E-state index is 12.9. The molecule has 28 heavy (non-hydrogen) atoms. The Labute approximate surface area is 169 Å². The summed E-state index contributed by atoms with van der Waals surface area (Å²) in [5.74, 6) is 0.862. The Morgan fingerprint density at radius 1 is 1.25 bits per heavy atom. The molecule has 3 rings (SSSR count). The minimum Gasteiger partial charge on any atom is -0.543 e. The average molecular weight is 398 g/mol. The summed E-state index contributed by atoms with van der Waals surface area (Å²) in [5.41, 5.74) is 0.901. The van der Waals surface area contributed by atoms with Gasteiger partial charge in [0.1, 0.15) is 5.75 Å². The molecule has 2 aromatic rings. The largest absolute Gasteiger partial charge is 0.543 e. The first-order valence-electron chi connectivity index (χ1n) is 9.97. The van der Waals surface area contributed by atoms with Crippen molar-refractivity contribution in [3.8, 4) is 5.75 Å². The molecule has 1 fully saturated rings. The molecule has 0 spiro atoms. The number of benzene rings is 2. The smallest absolute Gasteiger partial charge is 0.374 e. The summed E-state index contributed by atoms with van der Waals surface area (Å²) in [7, 11) is -2.65. The second-order valence-corrected chi connectivity index (χ2v) is 13.9. The van der Waals surface area contributed by atoms with E-state index in [1.54, 1.807) is 6.82 Å². The van der Waals surface area contributed by atoms with Gasteiger partial charge in [0.15, 0.2) is 0 Å². The van der Waals surface area contributed by atoms with Crippen LogP contribution in [-0.2, 0) is 4.79 Å². The van der Waals surface area contributed by atoms with Crippen LogP contribution in [0.25, 0.3) is 10.8 Å². The van der Waals surface area contributed by atoms with Crippen LogP contribution in [0.3, 0.4) is 0 Å². The van der Waals surface area contributed by atoms with Gasteiger partial charge in [0, 0.05) is 11.9 Å². The lowest BCUT2D eigenvalue weighted by Gasteiger charge is -2.36. The summed E-state index contributed by atoms with van der Waals surface area (Å²) in [6, 6.07) is 11.8. The highest BCUT2D eigenvalue weighted by molar-refractivity contribution is 6.74. The Morgan fingerprint density at radius 2 is 1.96 bits per heavy atom. The summed E-state index contributed by atoms with van der Waals surface area (Å²) in [5, 5.41) is 14.7. The zero-order chi connectivity index (χ0) is 20.7. The summed E-state index contributed by atoms with van der Waals surface area (Å²) >= 11 is 0. The maximum Gasteiger partial charge on any atom is 0.374 e. The van der Waals surface area contributed by atoms with Gasteiger partial charge in [-0.25, -0.2) is 0 Å². The normalized spacial score (nSPS) is 18.0. The number of carbonyl (C=O) groups is 1. The SMILES string of the molecule is CB(O)N[C@@H]1CCN(c2cccc3ccc(O[Si](C)(C)C(C)(C)C)cc23)C1=O. The maximum atomic E-state index is 12.9. The van der Waals surface area contributed by atoms with Gasteiger partial charge in [0.05, 0.1) is 11.7 Å². The molecule has 0 aliphatic carbocycles. The third kappa shape index (κ3) is 4.11. The first kappa shape index (κ1) is 20.9. The molecule has 0 saturated carbocycles. The molecule has 0 bridgehead atoms. The molecule has 1 aliphatic rings. The van der Waals surface area contributed by atoms with E-state index in [4.69, 9.17) is 4.43 Å². The third-order valence-electron chi connectivity index (χ3n) is 5.95. The standard InChI is InChI=1S/C21H31BN2O3Si/c1-21(2,3)28(5,6)27-16-11-10-15-8-7-9-19(17(15)14-16)24-13-12-18(20(24)25)23-22(4)26/h7-11,14,18,23,26H,12-13H2,1-6H3/t18-/m1/s1. The van der Waals surface area contributed by atoms with E-state index in [0.717, 1.165) is 22.2 Å². The minimum atomic E-state index is -1.94. The van der Waals surface area contributed by atoms with Gasteiger partial charge in [-0.2, -0.15) is 0 Å². The molecule has 0 aromatic heterocycles. The lowest BCUT2D eigenvalue weighted by atomic mass is 9.87. The molecule has 2 aromatic carbocycles. The molecule has 0 radical (unpaired) electrons. The molecule has 7 heteroatoms. The highest BCUT2D eigenvalue weighted by atomic mass is 28.4. The van der Waals surface area contributed by atoms with Crippen molar-refractivity contribution < 1.29 is 14.2 Å². The molecule has 150 valence electrons. The van der Waals surface area contributed by atoms with E-state index in [-0.39, 0.29) is 17.0 Å². The molecule has 1 heterocycles. The molecule has 2 N–H and O–H groups in total. The molecule has 5 nitrogen and oxygen atoms in total. The molecular weight excluding hydrogens is 367 g/mol. The van der Waals surface area contributed by atoms with Crippen molar-refractivity contribution in [2.45, 2.75) is 58.2 Å². The second-order valence-electron chi connectivity index (χ2n) is 9.20. The van der Waals surface area contributed by atoms with Gasteiger partial charge in [-0.15, -0.1) is 0 Å². The lowest BCUT2D eigenvalue weighted by molar-refractivity contribution is -0.118. The number of hydrogen-bond acceptors (Lipinski definition) is 4. The molecule has 0 unspecified atom stereocenters. The molecule has 1 saturated heterocycles. The first-order valence-corrected chi connectivity index (χ1v) is 12.9. The van der Waals surface area contributed by atoms with Crippen molar-refractivity contribution in [3.05, 3.63) is 36.4 Å². The topological polar surface area (TPSA) is 61.8 Å². The van der Waals surface area contributed by atoms with Gasteiger partial charge in [0.2, 0.25) is 14.2 Å². The summed E-state index contributed by atoms with van der Waals surface area (Å²) in [6.07, 6.45) is 0.681. The van der Waals surface area contributed by atoms with Crippen LogP contribution < -0.4 is 14.6 Å². The van der Waals surface area contributed by atoms with Crippen molar-refractivity contribution in [2.75, 3.05) is 11.4 Å². The van der Waals surface area contributed by atoms with Gasteiger partial charge in [-0.3, -0.25) is 4.79 Å². The highest BCUT2D eigenvalue weighted by Gasteiger charge is 2.39. The number of nitrogens with zero attached hydrogens (tertiary/aromatic N) is 1. The molecular formula is C21H31BN2O3Si. The number of carbonyl (C=O) groups excluding carboxylic acids is 1. The Bertz CT molecular complexity index is 880. The van der Waals surface area contributed by atoms with Gasteiger partial charge in [0.25, 0.3) is 0 Å². The van der Waals surface area contributed by atoms with Crippen LogP contribution in [0.1, 0.15) is 27.2 Å². The Morgan fingerprint density at radius 3 is 2.61 bits per heavy atom. The number of fused-ring (bicyclic) bond motifs is 1. The quantitative estimate of drug-likeness (QED) is 0.747. The fourth-order valence-corrected chi connectivity index (χ4v) is 4.37. The number of hydrogen-bond donors (Lipinski definition) is 2. The summed E-state index contributed by atoms with van der Waals surface area (Å²) in [4.78, 5) is 14.7. The van der Waals surface area contributed by atoms with Crippen LogP contribution in [0.5, 0.6) is 5.75 Å². The van der Waals surface area contributed by atoms with E-state index < -0.39 is 15.4 Å². The van der Waals surface area contributed by atoms with Crippen molar-refractivity contribution in [3.63, 3.8) is 0 Å². The fraction of sp³-hybridized carbons (Fsp3) is 0.476. The van der Waals surface area contributed by atoms with E-state index in [1.807, 2.05) is 23.1 Å². The van der Waals surface area contributed by atoms with Crippen molar-refractivity contribution in [1.29, 1.82) is 0 Å². The number of rotatable bonds is 5. The third-order valence-corrected chi connectivity index (χ3v) is 10.3. The zero-order valence-corrected chi connectivity index (χ0v) is 18.7. The summed E-state index contributed by atoms with van der Waals surface area (Å²) < 4.78 is 6.48. The molecule has 1 atom stereocenters. The fourth-order valence-electron chi connectivity index (χ4n) is 3.35. The van der Waals surface area contributed by atoms with Crippen molar-refractivity contribution in [2.24, 2.45) is 0 Å². The van der Waals surface area contributed by atoms with Gasteiger partial charge < -0.3 is 19.6 Å². The van der Waals surface area contributed by atoms with Crippen LogP contribution in [0.4, 0.5) is 5.69 Å². The van der Waals surface area contributed by atoms with E-state index in [2.05, 4.69) is 57.3 Å². The van der Waals surface area contributed by atoms with E-state index in [1.165, 1.54) is 0 Å². The number of nitrogens with one attached hydrogen (secondary N) is 1. The van der Waals surface area contributed by atoms with Crippen molar-refractivity contribution in [1.82, 2.24) is 5.23 Å². The van der Waals surface area contributed by atoms with E-state index in [0.29, 0.717) is 13.0 Å². The lowest BCUT2D eigenvalue weighted by Crippen LogP contribution is -2.45. The molecule has 1 aliphatic heterocycles. The van der Waals surface area contributed by atoms with Crippen LogP contribution >= 0.6 is 0 Å². The minimum absolute atomic E-state index is 0.00381. The second kappa shape index (κ2) is 7.54. The number of amides is 1. The Kier molecular flexibility index (Phi) is 5.62. The van der Waals surface area contributed by atoms with Crippen LogP contribution in [0, 0.1) is 0 Å². The van der Waals surface area contributed by atoms with Gasteiger partial charge in [-0.1, -0.05) is 39.0 Å². The molecule has 1 amide bonds. The van der Waals surface area contributed by atoms with Crippen molar-refractivity contribution >= 4 is 37.7 Å². The average Bonchev–Trinajstić information content (AvgIpc) is 2.93. The van der Waals surface area contributed by atoms with Gasteiger partial charge >= 0.3 is 7.05 Å². The predicted octanol–water partition coefficient (Wildman–Crippen LogP) is 4.03. The summed E-state index contributed by atoms with van der Waals surface area (Å²) in [6.45, 7) is 13.4. The van der Waals surface area contributed by atoms with Gasteiger partial charge in [-0.05, 0) is 55.0 Å². The monoisotopic (exact) mass is 398 g/mol. The predicted molar refractivity (Wildman–Crippen MR) is 120 cm³/mol. The zero-order valence-electron chi connectivity index (χ0n) is 17.7. The highest BCUT2D eigenvalue weighted by Crippen LogP contribution is 2.39. The van der Waals surface area contributed by atoms with E-state index in [9.17, 15) is 9.82 Å². The van der Waals surface area contributed by atoms with Crippen LogP contribution in [-0.4, -0.2) is 38.9 Å². The Balaban J connectivity index is 1.95. The Hall–Kier alpha value is -1.83. The number of anilines is 1. The first-order chi connectivity index (χ1) is 13.0. The van der Waals surface area contributed by atoms with E-state index >= 15 is 0 Å².